The Balaban J connectivity index is 2.53. The highest BCUT2D eigenvalue weighted by atomic mass is 32.1. The van der Waals surface area contributed by atoms with E-state index in [4.69, 9.17) is 4.74 Å². The first kappa shape index (κ1) is 22.7. The number of ether oxygens (including phenoxy) is 1. The van der Waals surface area contributed by atoms with Gasteiger partial charge in [-0.05, 0) is 25.0 Å². The van der Waals surface area contributed by atoms with Crippen LogP contribution < -0.4 is 5.32 Å². The number of thiophene rings is 1. The van der Waals surface area contributed by atoms with Crippen LogP contribution in [0, 0.1) is 12.8 Å². The summed E-state index contributed by atoms with van der Waals surface area (Å²) in [6.45, 7) is 2.88. The van der Waals surface area contributed by atoms with Crippen molar-refractivity contribution in [2.75, 3.05) is 11.9 Å². The van der Waals surface area contributed by atoms with Crippen LogP contribution in [0.5, 0.6) is 0 Å². The molecule has 0 saturated heterocycles. The van der Waals surface area contributed by atoms with Crippen LogP contribution in [0.4, 0.5) is 31.3 Å². The third kappa shape index (κ3) is 5.08. The van der Waals surface area contributed by atoms with E-state index in [1.165, 1.54) is 13.8 Å². The lowest BCUT2D eigenvalue weighted by Gasteiger charge is -2.21. The third-order valence-electron chi connectivity index (χ3n) is 3.82. The van der Waals surface area contributed by atoms with E-state index in [1.807, 2.05) is 0 Å². The number of esters is 1. The standard InChI is InChI=1S/C18H15F6NO3S/c1-3-28-16(27)11-9(2)12(10-7-5-4-6-8-10)29-15(11)25-14(26)13(17(19,20)21)18(22,23)24/h4-8,13H,3H2,1-2H3,(H,25,26). The van der Waals surface area contributed by atoms with Gasteiger partial charge in [-0.2, -0.15) is 26.3 Å². The van der Waals surface area contributed by atoms with E-state index in [2.05, 4.69) is 0 Å². The zero-order chi connectivity index (χ0) is 22.0. The van der Waals surface area contributed by atoms with Crippen molar-refractivity contribution in [3.63, 3.8) is 0 Å². The molecule has 0 saturated carbocycles. The quantitative estimate of drug-likeness (QED) is 0.489. The summed E-state index contributed by atoms with van der Waals surface area (Å²) < 4.78 is 81.8. The number of carbonyl (C=O) groups is 2. The highest BCUT2D eigenvalue weighted by Crippen LogP contribution is 2.43. The molecule has 2 rings (SSSR count). The number of alkyl halides is 6. The summed E-state index contributed by atoms with van der Waals surface area (Å²) in [6.07, 6.45) is -11.7. The maximum Gasteiger partial charge on any atom is 0.409 e. The van der Waals surface area contributed by atoms with Crippen molar-refractivity contribution < 1.29 is 40.7 Å². The minimum absolute atomic E-state index is 0.0735. The van der Waals surface area contributed by atoms with Gasteiger partial charge >= 0.3 is 18.3 Å². The minimum Gasteiger partial charge on any atom is -0.462 e. The van der Waals surface area contributed by atoms with E-state index in [9.17, 15) is 35.9 Å². The lowest BCUT2D eigenvalue weighted by Crippen LogP contribution is -2.45. The predicted molar refractivity (Wildman–Crippen MR) is 94.7 cm³/mol. The number of hydrogen-bond donors (Lipinski definition) is 1. The van der Waals surface area contributed by atoms with Crippen molar-refractivity contribution in [3.8, 4) is 10.4 Å². The van der Waals surface area contributed by atoms with E-state index in [0.29, 0.717) is 21.8 Å². The van der Waals surface area contributed by atoms with Crippen molar-refractivity contribution in [3.05, 3.63) is 41.5 Å². The van der Waals surface area contributed by atoms with Crippen molar-refractivity contribution in [1.82, 2.24) is 0 Å². The average Bonchev–Trinajstić information content (AvgIpc) is 2.89. The topological polar surface area (TPSA) is 55.4 Å². The summed E-state index contributed by atoms with van der Waals surface area (Å²) in [5.41, 5.74) is 0.557. The highest BCUT2D eigenvalue weighted by Gasteiger charge is 2.61. The van der Waals surface area contributed by atoms with Gasteiger partial charge in [0.2, 0.25) is 11.8 Å². The summed E-state index contributed by atoms with van der Waals surface area (Å²) in [4.78, 5) is 24.6. The number of nitrogens with one attached hydrogen (secondary N) is 1. The molecule has 1 aromatic heterocycles. The molecule has 1 amide bonds. The molecule has 11 heteroatoms. The summed E-state index contributed by atoms with van der Waals surface area (Å²) in [5, 5.41) is 1.19. The van der Waals surface area contributed by atoms with E-state index in [-0.39, 0.29) is 17.7 Å². The minimum atomic E-state index is -5.85. The lowest BCUT2D eigenvalue weighted by atomic mass is 10.1. The van der Waals surface area contributed by atoms with Crippen LogP contribution in [-0.4, -0.2) is 30.8 Å². The maximum atomic E-state index is 12.8. The second-order valence-corrected chi connectivity index (χ2v) is 6.87. The van der Waals surface area contributed by atoms with Crippen LogP contribution in [0.2, 0.25) is 0 Å². The molecule has 1 aromatic carbocycles. The first-order valence-electron chi connectivity index (χ1n) is 8.18. The van der Waals surface area contributed by atoms with E-state index >= 15 is 0 Å². The molecule has 1 heterocycles. The second-order valence-electron chi connectivity index (χ2n) is 5.85. The Morgan fingerprint density at radius 1 is 1.07 bits per heavy atom. The van der Waals surface area contributed by atoms with Gasteiger partial charge in [-0.25, -0.2) is 4.79 Å². The lowest BCUT2D eigenvalue weighted by molar-refractivity contribution is -0.272. The largest absolute Gasteiger partial charge is 0.462 e. The number of carbonyl (C=O) groups excluding carboxylic acids is 2. The fourth-order valence-electron chi connectivity index (χ4n) is 2.58. The molecule has 1 N–H and O–H groups in total. The molecule has 0 fully saturated rings. The van der Waals surface area contributed by atoms with Crippen molar-refractivity contribution in [2.24, 2.45) is 5.92 Å². The Bertz CT molecular complexity index is 875. The van der Waals surface area contributed by atoms with Gasteiger partial charge < -0.3 is 10.1 Å². The normalized spacial score (nSPS) is 12.2. The zero-order valence-electron chi connectivity index (χ0n) is 15.1. The Morgan fingerprint density at radius 2 is 1.62 bits per heavy atom. The zero-order valence-corrected chi connectivity index (χ0v) is 15.9. The first-order valence-corrected chi connectivity index (χ1v) is 8.99. The molecule has 0 aliphatic rings. The number of anilines is 1. The van der Waals surface area contributed by atoms with E-state index in [0.717, 1.165) is 0 Å². The van der Waals surface area contributed by atoms with Crippen molar-refractivity contribution in [2.45, 2.75) is 26.2 Å². The SMILES string of the molecule is CCOC(=O)c1c(NC(=O)C(C(F)(F)F)C(F)(F)F)sc(-c2ccccc2)c1C. The predicted octanol–water partition coefficient (Wildman–Crippen LogP) is 5.58. The number of hydrogen-bond acceptors (Lipinski definition) is 4. The molecule has 0 radical (unpaired) electrons. The number of benzene rings is 1. The molecule has 2 aromatic rings. The Morgan fingerprint density at radius 3 is 2.10 bits per heavy atom. The van der Waals surface area contributed by atoms with Gasteiger partial charge in [0, 0.05) is 4.88 Å². The van der Waals surface area contributed by atoms with Crippen LogP contribution in [-0.2, 0) is 9.53 Å². The van der Waals surface area contributed by atoms with Crippen LogP contribution in [0.3, 0.4) is 0 Å². The summed E-state index contributed by atoms with van der Waals surface area (Å²) in [6, 6.07) is 8.33. The molecular weight excluding hydrogens is 424 g/mol. The number of amides is 1. The van der Waals surface area contributed by atoms with E-state index in [1.54, 1.807) is 35.6 Å². The van der Waals surface area contributed by atoms with E-state index < -0.39 is 35.1 Å². The molecule has 29 heavy (non-hydrogen) atoms. The van der Waals surface area contributed by atoms with Gasteiger partial charge in [0.05, 0.1) is 12.2 Å². The first-order chi connectivity index (χ1) is 13.4. The fraction of sp³-hybridized carbons (Fsp3) is 0.333. The smallest absolute Gasteiger partial charge is 0.409 e. The Labute approximate surface area is 165 Å². The van der Waals surface area contributed by atoms with Crippen LogP contribution in [0.25, 0.3) is 10.4 Å². The van der Waals surface area contributed by atoms with Gasteiger partial charge in [0.1, 0.15) is 5.00 Å². The van der Waals surface area contributed by atoms with Gasteiger partial charge in [0.25, 0.3) is 0 Å². The van der Waals surface area contributed by atoms with Gasteiger partial charge in [0.15, 0.2) is 0 Å². The average molecular weight is 439 g/mol. The summed E-state index contributed by atoms with van der Waals surface area (Å²) >= 11 is 0.693. The summed E-state index contributed by atoms with van der Waals surface area (Å²) in [7, 11) is 0. The molecule has 0 bridgehead atoms. The van der Waals surface area contributed by atoms with Crippen LogP contribution in [0.1, 0.15) is 22.8 Å². The third-order valence-corrected chi connectivity index (χ3v) is 5.07. The molecule has 0 unspecified atom stereocenters. The number of halogens is 6. The van der Waals surface area contributed by atoms with Crippen LogP contribution in [0.15, 0.2) is 30.3 Å². The highest BCUT2D eigenvalue weighted by molar-refractivity contribution is 7.20. The molecular formula is C18H15F6NO3S. The molecule has 0 spiro atoms. The van der Waals surface area contributed by atoms with Gasteiger partial charge in [-0.15, -0.1) is 11.3 Å². The number of rotatable bonds is 5. The van der Waals surface area contributed by atoms with Crippen molar-refractivity contribution in [1.29, 1.82) is 0 Å². The molecule has 0 aliphatic carbocycles. The monoisotopic (exact) mass is 439 g/mol. The van der Waals surface area contributed by atoms with Gasteiger partial charge in [-0.1, -0.05) is 30.3 Å². The Kier molecular flexibility index (Phi) is 6.61. The molecule has 4 nitrogen and oxygen atoms in total. The van der Waals surface area contributed by atoms with Crippen molar-refractivity contribution >= 4 is 28.2 Å². The summed E-state index contributed by atoms with van der Waals surface area (Å²) in [5.74, 6) is -7.52. The second kappa shape index (κ2) is 8.44. The van der Waals surface area contributed by atoms with Gasteiger partial charge in [-0.3, -0.25) is 4.79 Å². The Hall–Kier alpha value is -2.56. The molecule has 158 valence electrons. The maximum absolute atomic E-state index is 12.8. The fourth-order valence-corrected chi connectivity index (χ4v) is 3.79. The van der Waals surface area contributed by atoms with Crippen LogP contribution >= 0.6 is 11.3 Å². The molecule has 0 atom stereocenters. The molecule has 0 aliphatic heterocycles.